The van der Waals surface area contributed by atoms with Gasteiger partial charge in [0, 0.05) is 15.5 Å². The summed E-state index contributed by atoms with van der Waals surface area (Å²) in [5, 5.41) is 8.97. The fraction of sp³-hybridized carbons (Fsp3) is 0.556. The molecule has 0 aliphatic heterocycles. The van der Waals surface area contributed by atoms with Crippen LogP contribution in [0.2, 0.25) is 10.0 Å². The van der Waals surface area contributed by atoms with Crippen LogP contribution in [-0.2, 0) is 5.41 Å². The zero-order valence-corrected chi connectivity index (χ0v) is 15.6. The van der Waals surface area contributed by atoms with E-state index in [1.165, 1.54) is 38.5 Å². The van der Waals surface area contributed by atoms with Gasteiger partial charge in [0.25, 0.3) is 0 Å². The van der Waals surface area contributed by atoms with Gasteiger partial charge < -0.3 is 0 Å². The molecule has 4 fully saturated rings. The Morgan fingerprint density at radius 1 is 1.00 bits per heavy atom. The number of halogens is 2. The Morgan fingerprint density at radius 2 is 1.54 bits per heavy atom. The minimum atomic E-state index is 0.164. The number of rotatable bonds is 2. The van der Waals surface area contributed by atoms with Gasteiger partial charge in [-0.05, 0) is 86.7 Å². The molecule has 4 bridgehead atoms. The number of nitrogens with zero attached hydrogens (tertiary/aromatic N) is 2. The molecule has 0 amide bonds. The number of nitrogens with one attached hydrogen (secondary N) is 1. The van der Waals surface area contributed by atoms with Crippen LogP contribution in [0.3, 0.4) is 0 Å². The van der Waals surface area contributed by atoms with Crippen molar-refractivity contribution in [3.63, 3.8) is 0 Å². The Kier molecular flexibility index (Phi) is 3.42. The molecule has 4 aliphatic carbocycles. The highest BCUT2D eigenvalue weighted by Gasteiger charge is 2.53. The van der Waals surface area contributed by atoms with Gasteiger partial charge in [-0.15, -0.1) is 0 Å². The topological polar surface area (TPSA) is 33.6 Å². The molecule has 0 radical (unpaired) electrons. The van der Waals surface area contributed by atoms with Crippen molar-refractivity contribution < 1.29 is 0 Å². The van der Waals surface area contributed by atoms with Gasteiger partial charge in [-0.3, -0.25) is 9.67 Å². The molecule has 1 N–H and O–H groups in total. The Labute approximate surface area is 156 Å². The molecule has 6 rings (SSSR count). The van der Waals surface area contributed by atoms with Crippen molar-refractivity contribution in [2.24, 2.45) is 17.8 Å². The lowest BCUT2D eigenvalue weighted by Crippen LogP contribution is -2.49. The van der Waals surface area contributed by atoms with E-state index in [9.17, 15) is 0 Å². The lowest BCUT2D eigenvalue weighted by molar-refractivity contribution is -0.0102. The fourth-order valence-corrected chi connectivity index (χ4v) is 6.70. The van der Waals surface area contributed by atoms with Crippen LogP contribution in [-0.4, -0.2) is 14.8 Å². The van der Waals surface area contributed by atoms with Crippen molar-refractivity contribution in [2.45, 2.75) is 43.9 Å². The number of benzene rings is 1. The molecule has 0 spiro atoms. The quantitative estimate of drug-likeness (QED) is 0.678. The summed E-state index contributed by atoms with van der Waals surface area (Å²) in [4.78, 5) is 0. The predicted molar refractivity (Wildman–Crippen MR) is 98.6 cm³/mol. The van der Waals surface area contributed by atoms with Crippen LogP contribution < -0.4 is 0 Å². The van der Waals surface area contributed by atoms with Crippen LogP contribution in [0.15, 0.2) is 18.2 Å². The van der Waals surface area contributed by atoms with Gasteiger partial charge in [-0.2, -0.15) is 5.10 Å². The van der Waals surface area contributed by atoms with Crippen LogP contribution in [0.5, 0.6) is 0 Å². The summed E-state index contributed by atoms with van der Waals surface area (Å²) in [6.45, 7) is 0. The van der Waals surface area contributed by atoms with Gasteiger partial charge in [0.05, 0.1) is 5.69 Å². The lowest BCUT2D eigenvalue weighted by atomic mass is 9.49. The Hall–Kier alpha value is -0.840. The van der Waals surface area contributed by atoms with Crippen LogP contribution in [0.1, 0.15) is 44.3 Å². The molecule has 24 heavy (non-hydrogen) atoms. The van der Waals surface area contributed by atoms with Gasteiger partial charge in [0.15, 0.2) is 4.77 Å². The maximum Gasteiger partial charge on any atom is 0.199 e. The molecule has 3 nitrogen and oxygen atoms in total. The summed E-state index contributed by atoms with van der Waals surface area (Å²) < 4.78 is 2.69. The first-order valence-electron chi connectivity index (χ1n) is 8.67. The van der Waals surface area contributed by atoms with Gasteiger partial charge in [0.1, 0.15) is 5.82 Å². The third-order valence-electron chi connectivity index (χ3n) is 6.29. The molecule has 4 aliphatic rings. The SMILES string of the molecule is S=c1[nH]nc(C23CC4CC(CC(C4)C2)C3)n1-c1cc(Cl)cc(Cl)c1. The molecule has 1 aromatic heterocycles. The van der Waals surface area contributed by atoms with E-state index in [1.807, 2.05) is 12.1 Å². The van der Waals surface area contributed by atoms with Crippen molar-refractivity contribution >= 4 is 35.4 Å². The molecule has 0 saturated heterocycles. The molecule has 1 heterocycles. The van der Waals surface area contributed by atoms with Crippen molar-refractivity contribution in [3.05, 3.63) is 38.8 Å². The average Bonchev–Trinajstić information content (AvgIpc) is 2.87. The second-order valence-electron chi connectivity index (χ2n) is 8.01. The van der Waals surface area contributed by atoms with Crippen molar-refractivity contribution in [2.75, 3.05) is 0 Å². The Bertz CT molecular complexity index is 814. The Balaban J connectivity index is 1.67. The van der Waals surface area contributed by atoms with Gasteiger partial charge in [0.2, 0.25) is 0 Å². The third-order valence-corrected chi connectivity index (χ3v) is 7.00. The summed E-state index contributed by atoms with van der Waals surface area (Å²) in [5.41, 5.74) is 1.08. The molecule has 126 valence electrons. The van der Waals surface area contributed by atoms with Gasteiger partial charge in [-0.25, -0.2) is 0 Å². The van der Waals surface area contributed by atoms with E-state index in [2.05, 4.69) is 14.8 Å². The minimum Gasteiger partial charge on any atom is -0.272 e. The number of aromatic nitrogens is 3. The predicted octanol–water partition coefficient (Wildman–Crippen LogP) is 5.70. The zero-order valence-electron chi connectivity index (χ0n) is 13.3. The first-order chi connectivity index (χ1) is 11.5. The highest BCUT2D eigenvalue weighted by Crippen LogP contribution is 2.60. The maximum atomic E-state index is 6.23. The summed E-state index contributed by atoms with van der Waals surface area (Å²) >= 11 is 18.0. The molecule has 0 unspecified atom stereocenters. The van der Waals surface area contributed by atoms with Crippen LogP contribution in [0.25, 0.3) is 5.69 Å². The van der Waals surface area contributed by atoms with E-state index < -0.39 is 0 Å². The highest BCUT2D eigenvalue weighted by atomic mass is 35.5. The first kappa shape index (κ1) is 15.4. The summed E-state index contributed by atoms with van der Waals surface area (Å²) in [7, 11) is 0. The monoisotopic (exact) mass is 379 g/mol. The van der Waals surface area contributed by atoms with E-state index in [0.717, 1.165) is 29.3 Å². The normalized spacial score (nSPS) is 34.0. The molecular weight excluding hydrogens is 361 g/mol. The van der Waals surface area contributed by atoms with Crippen LogP contribution >= 0.6 is 35.4 Å². The second kappa shape index (κ2) is 5.33. The zero-order chi connectivity index (χ0) is 16.5. The van der Waals surface area contributed by atoms with E-state index >= 15 is 0 Å². The summed E-state index contributed by atoms with van der Waals surface area (Å²) in [6, 6.07) is 5.59. The van der Waals surface area contributed by atoms with Gasteiger partial charge >= 0.3 is 0 Å². The average molecular weight is 380 g/mol. The summed E-state index contributed by atoms with van der Waals surface area (Å²) in [6.07, 6.45) is 7.96. The number of aromatic amines is 1. The van der Waals surface area contributed by atoms with E-state index in [4.69, 9.17) is 35.4 Å². The molecule has 1 aromatic carbocycles. The van der Waals surface area contributed by atoms with Crippen LogP contribution in [0.4, 0.5) is 0 Å². The number of H-pyrrole nitrogens is 1. The molecular formula is C18H19Cl2N3S. The number of hydrogen-bond donors (Lipinski definition) is 1. The Morgan fingerprint density at radius 3 is 2.08 bits per heavy atom. The van der Waals surface area contributed by atoms with Gasteiger partial charge in [-0.1, -0.05) is 23.2 Å². The third kappa shape index (κ3) is 2.30. The fourth-order valence-electron chi connectivity index (χ4n) is 5.95. The first-order valence-corrected chi connectivity index (χ1v) is 9.83. The largest absolute Gasteiger partial charge is 0.272 e. The van der Waals surface area contributed by atoms with Crippen molar-refractivity contribution in [1.29, 1.82) is 0 Å². The molecule has 2 aromatic rings. The summed E-state index contributed by atoms with van der Waals surface area (Å²) in [5.74, 6) is 3.67. The maximum absolute atomic E-state index is 6.23. The van der Waals surface area contributed by atoms with E-state index in [1.54, 1.807) is 6.07 Å². The molecule has 6 heteroatoms. The smallest absolute Gasteiger partial charge is 0.199 e. The lowest BCUT2D eigenvalue weighted by Gasteiger charge is -2.56. The molecule has 0 atom stereocenters. The molecule has 4 saturated carbocycles. The minimum absolute atomic E-state index is 0.164. The number of hydrogen-bond acceptors (Lipinski definition) is 2. The van der Waals surface area contributed by atoms with Crippen molar-refractivity contribution in [1.82, 2.24) is 14.8 Å². The standard InChI is InChI=1S/C18H19Cl2N3S/c19-13-4-14(20)6-15(5-13)23-16(21-22-17(23)24)18-7-10-1-11(8-18)3-12(2-10)9-18/h4-6,10-12H,1-3,7-9H2,(H,22,24). The van der Waals surface area contributed by atoms with Crippen LogP contribution in [0, 0.1) is 22.5 Å². The van der Waals surface area contributed by atoms with E-state index in [-0.39, 0.29) is 5.41 Å². The highest BCUT2D eigenvalue weighted by molar-refractivity contribution is 7.71. The second-order valence-corrected chi connectivity index (χ2v) is 9.27. The van der Waals surface area contributed by atoms with E-state index in [0.29, 0.717) is 14.8 Å². The van der Waals surface area contributed by atoms with Crippen molar-refractivity contribution in [3.8, 4) is 5.69 Å².